The van der Waals surface area contributed by atoms with Gasteiger partial charge in [-0.15, -0.1) is 0 Å². The minimum Gasteiger partial charge on any atom is -0.333 e. The highest BCUT2D eigenvalue weighted by atomic mass is 31.2. The number of rotatable bonds is 6. The van der Waals surface area contributed by atoms with Gasteiger partial charge in [0.25, 0.3) is 7.47 Å². The Morgan fingerprint density at radius 3 is 0.842 bits per heavy atom. The Hall–Kier alpha value is 0.135. The van der Waals surface area contributed by atoms with E-state index in [2.05, 4.69) is 58.9 Å². The molecular formula is C12H32BN2O3P. The van der Waals surface area contributed by atoms with Crippen molar-refractivity contribution < 1.29 is 14.4 Å². The summed E-state index contributed by atoms with van der Waals surface area (Å²) in [4.78, 5) is 19.6. The largest absolute Gasteiger partial charge is 0.333 e. The topological polar surface area (TPSA) is 64.0 Å². The summed E-state index contributed by atoms with van der Waals surface area (Å²) in [7, 11) is -0.118. The zero-order valence-corrected chi connectivity index (χ0v) is 14.4. The van der Waals surface area contributed by atoms with Crippen LogP contribution in [0.3, 0.4) is 0 Å². The monoisotopic (exact) mass is 294 g/mol. The molecular weight excluding hydrogens is 262 g/mol. The van der Waals surface area contributed by atoms with Crippen molar-refractivity contribution in [3.63, 3.8) is 0 Å². The van der Waals surface area contributed by atoms with Crippen LogP contribution in [0.15, 0.2) is 0 Å². The standard InChI is InChI=1S/2C6H15N.BH2O3P/c2*1-4-7(5-2)6-3;1-5(2,3)4/h2*4-6H2,1-3H3;(H2,2,3,4). The van der Waals surface area contributed by atoms with E-state index in [-0.39, 0.29) is 0 Å². The van der Waals surface area contributed by atoms with E-state index in [1.165, 1.54) is 39.3 Å². The summed E-state index contributed by atoms with van der Waals surface area (Å²) in [5.41, 5.74) is 0. The van der Waals surface area contributed by atoms with E-state index in [1.54, 1.807) is 0 Å². The van der Waals surface area contributed by atoms with E-state index < -0.39 is 7.47 Å². The molecule has 0 aliphatic carbocycles. The van der Waals surface area contributed by atoms with Gasteiger partial charge in [-0.05, 0) is 39.3 Å². The van der Waals surface area contributed by atoms with Crippen LogP contribution >= 0.6 is 7.47 Å². The molecule has 0 aromatic rings. The molecule has 2 N–H and O–H groups in total. The van der Waals surface area contributed by atoms with E-state index >= 15 is 0 Å². The molecule has 0 amide bonds. The van der Waals surface area contributed by atoms with Gasteiger partial charge in [0.2, 0.25) is 7.57 Å². The molecule has 116 valence electrons. The molecule has 0 saturated heterocycles. The minimum absolute atomic E-state index is 1.19. The molecule has 7 heteroatoms. The summed E-state index contributed by atoms with van der Waals surface area (Å²) in [6.07, 6.45) is 0. The van der Waals surface area contributed by atoms with Gasteiger partial charge in [0.15, 0.2) is 0 Å². The number of hydrogen-bond donors (Lipinski definition) is 2. The van der Waals surface area contributed by atoms with E-state index in [0.29, 0.717) is 0 Å². The Balaban J connectivity index is -0.000000206. The first-order valence-corrected chi connectivity index (χ1v) is 8.66. The predicted molar refractivity (Wildman–Crippen MR) is 84.7 cm³/mol. The maximum Gasteiger partial charge on any atom is 0.258 e. The Bertz CT molecular complexity index is 176. The highest BCUT2D eigenvalue weighted by molar-refractivity contribution is 7.77. The first-order valence-electron chi connectivity index (χ1n) is 6.98. The molecule has 0 aromatic heterocycles. The first kappa shape index (κ1) is 24.2. The second-order valence-electron chi connectivity index (χ2n) is 3.83. The second-order valence-corrected chi connectivity index (χ2v) is 5.01. The highest BCUT2D eigenvalue weighted by Crippen LogP contribution is 2.24. The summed E-state index contributed by atoms with van der Waals surface area (Å²) in [6, 6.07) is 0. The lowest BCUT2D eigenvalue weighted by Gasteiger charge is -2.13. The molecule has 0 aliphatic rings. The lowest BCUT2D eigenvalue weighted by Crippen LogP contribution is -2.21. The molecule has 2 radical (unpaired) electrons. The summed E-state index contributed by atoms with van der Waals surface area (Å²) >= 11 is 0. The van der Waals surface area contributed by atoms with Gasteiger partial charge in [0, 0.05) is 0 Å². The molecule has 5 nitrogen and oxygen atoms in total. The van der Waals surface area contributed by atoms with Crippen molar-refractivity contribution in [3.05, 3.63) is 0 Å². The van der Waals surface area contributed by atoms with Gasteiger partial charge in [-0.3, -0.25) is 4.57 Å². The van der Waals surface area contributed by atoms with Gasteiger partial charge in [0.1, 0.15) is 0 Å². The van der Waals surface area contributed by atoms with Crippen LogP contribution in [0, 0.1) is 0 Å². The van der Waals surface area contributed by atoms with Gasteiger partial charge in [-0.1, -0.05) is 41.5 Å². The van der Waals surface area contributed by atoms with Crippen LogP contribution in [0.4, 0.5) is 0 Å². The maximum absolute atomic E-state index is 9.10. The molecule has 0 unspecified atom stereocenters. The Kier molecular flexibility index (Phi) is 20.6. The average molecular weight is 294 g/mol. The summed E-state index contributed by atoms with van der Waals surface area (Å²) in [5, 5.41) is 0. The normalized spacial score (nSPS) is 10.6. The van der Waals surface area contributed by atoms with E-state index in [0.717, 1.165) is 0 Å². The fraction of sp³-hybridized carbons (Fsp3) is 1.00. The van der Waals surface area contributed by atoms with Crippen LogP contribution in [0.5, 0.6) is 0 Å². The smallest absolute Gasteiger partial charge is 0.258 e. The number of nitrogens with zero attached hydrogens (tertiary/aromatic N) is 2. The zero-order chi connectivity index (χ0) is 15.9. The minimum atomic E-state index is -4.14. The van der Waals surface area contributed by atoms with Crippen LogP contribution in [0.25, 0.3) is 0 Å². The van der Waals surface area contributed by atoms with Crippen LogP contribution in [0.2, 0.25) is 0 Å². The van der Waals surface area contributed by atoms with Gasteiger partial charge in [-0.2, -0.15) is 0 Å². The summed E-state index contributed by atoms with van der Waals surface area (Å²) in [5.74, 6) is 0. The first-order chi connectivity index (χ1) is 8.69. The van der Waals surface area contributed by atoms with E-state index in [9.17, 15) is 0 Å². The Labute approximate surface area is 120 Å². The van der Waals surface area contributed by atoms with E-state index in [4.69, 9.17) is 14.4 Å². The van der Waals surface area contributed by atoms with Gasteiger partial charge >= 0.3 is 0 Å². The predicted octanol–water partition coefficient (Wildman–Crippen LogP) is 1.94. The van der Waals surface area contributed by atoms with Crippen molar-refractivity contribution >= 4 is 15.0 Å². The lowest BCUT2D eigenvalue weighted by molar-refractivity contribution is 0.321. The molecule has 0 aromatic carbocycles. The molecule has 0 bridgehead atoms. The van der Waals surface area contributed by atoms with Gasteiger partial charge in [0.05, 0.1) is 0 Å². The molecule has 0 spiro atoms. The third kappa shape index (κ3) is 32.1. The van der Waals surface area contributed by atoms with Crippen molar-refractivity contribution in [2.75, 3.05) is 39.3 Å². The van der Waals surface area contributed by atoms with Crippen molar-refractivity contribution in [2.45, 2.75) is 41.5 Å². The molecule has 0 heterocycles. The van der Waals surface area contributed by atoms with Crippen molar-refractivity contribution in [1.29, 1.82) is 0 Å². The molecule has 19 heavy (non-hydrogen) atoms. The van der Waals surface area contributed by atoms with Gasteiger partial charge in [-0.25, -0.2) is 0 Å². The lowest BCUT2D eigenvalue weighted by atomic mass is 10.5. The van der Waals surface area contributed by atoms with Crippen LogP contribution in [-0.2, 0) is 4.57 Å². The third-order valence-electron chi connectivity index (χ3n) is 2.68. The molecule has 0 atom stereocenters. The number of hydrogen-bond acceptors (Lipinski definition) is 3. The Morgan fingerprint density at radius 1 is 0.737 bits per heavy atom. The summed E-state index contributed by atoms with van der Waals surface area (Å²) in [6.45, 7) is 20.2. The van der Waals surface area contributed by atoms with Crippen molar-refractivity contribution in [3.8, 4) is 0 Å². The van der Waals surface area contributed by atoms with Crippen molar-refractivity contribution in [1.82, 2.24) is 9.80 Å². The van der Waals surface area contributed by atoms with Crippen LogP contribution in [-0.4, -0.2) is 66.4 Å². The molecule has 0 fully saturated rings. The fourth-order valence-electron chi connectivity index (χ4n) is 1.34. The third-order valence-corrected chi connectivity index (χ3v) is 2.68. The fourth-order valence-corrected chi connectivity index (χ4v) is 1.34. The second kappa shape index (κ2) is 16.2. The average Bonchev–Trinajstić information content (AvgIpc) is 2.32. The van der Waals surface area contributed by atoms with Gasteiger partial charge < -0.3 is 19.6 Å². The Morgan fingerprint density at radius 2 is 0.842 bits per heavy atom. The highest BCUT2D eigenvalue weighted by Gasteiger charge is 1.95. The maximum atomic E-state index is 9.10. The summed E-state index contributed by atoms with van der Waals surface area (Å²) < 4.78 is 9.10. The van der Waals surface area contributed by atoms with Crippen molar-refractivity contribution in [2.24, 2.45) is 0 Å². The van der Waals surface area contributed by atoms with Crippen LogP contribution in [0.1, 0.15) is 41.5 Å². The quantitative estimate of drug-likeness (QED) is 0.579. The molecule has 0 rings (SSSR count). The molecule has 0 aliphatic heterocycles. The SMILES string of the molecule is CCN(CC)CC.CCN(CC)CC.[B]P(=O)(O)O. The van der Waals surface area contributed by atoms with E-state index in [1.807, 2.05) is 0 Å². The zero-order valence-electron chi connectivity index (χ0n) is 13.5. The molecule has 0 saturated carbocycles. The van der Waals surface area contributed by atoms with Crippen LogP contribution < -0.4 is 0 Å².